The smallest absolute Gasteiger partial charge is 0.394 e. The first-order chi connectivity index (χ1) is 28.9. The number of imidazole rings is 2. The summed E-state index contributed by atoms with van der Waals surface area (Å²) >= 11 is 0. The van der Waals surface area contributed by atoms with Gasteiger partial charge in [-0.25, -0.2) is 24.5 Å². The van der Waals surface area contributed by atoms with E-state index in [-0.39, 0.29) is 71.0 Å². The number of aliphatic hydroxyl groups excluding tert-OH is 2. The molecule has 2 aliphatic rings. The van der Waals surface area contributed by atoms with Crippen LogP contribution in [0.5, 0.6) is 0 Å². The number of hydrogen-bond donors (Lipinski definition) is 5. The van der Waals surface area contributed by atoms with Crippen LogP contribution >= 0.6 is 7.82 Å². The summed E-state index contributed by atoms with van der Waals surface area (Å²) in [6.45, 7) is 7.29. The van der Waals surface area contributed by atoms with Crippen molar-refractivity contribution in [2.24, 2.45) is 17.8 Å². The van der Waals surface area contributed by atoms with E-state index in [4.69, 9.17) is 27.8 Å². The van der Waals surface area contributed by atoms with Gasteiger partial charge >= 0.3 is 7.82 Å². The van der Waals surface area contributed by atoms with E-state index in [9.17, 15) is 29.2 Å². The lowest BCUT2D eigenvalue weighted by Gasteiger charge is -2.28. The van der Waals surface area contributed by atoms with Crippen molar-refractivity contribution in [1.82, 2.24) is 39.0 Å². The molecule has 5 N–H and O–H groups in total. The van der Waals surface area contributed by atoms with E-state index >= 15 is 0 Å². The van der Waals surface area contributed by atoms with Crippen LogP contribution in [0.2, 0.25) is 0 Å². The third-order valence-corrected chi connectivity index (χ3v) is 11.8. The zero-order valence-corrected chi connectivity index (χ0v) is 34.3. The summed E-state index contributed by atoms with van der Waals surface area (Å²) in [6.07, 6.45) is -1.76. The van der Waals surface area contributed by atoms with Crippen LogP contribution in [0.1, 0.15) is 57.4 Å². The van der Waals surface area contributed by atoms with E-state index in [2.05, 4.69) is 40.5 Å². The number of fused-ring (bicyclic) bond motifs is 2. The normalized spacial score (nSPS) is 25.3. The molecule has 0 spiro atoms. The summed E-state index contributed by atoms with van der Waals surface area (Å²) in [5.74, 6) is -1.43. The van der Waals surface area contributed by atoms with Gasteiger partial charge in [0.05, 0.1) is 45.2 Å². The highest BCUT2D eigenvalue weighted by molar-refractivity contribution is 7.48. The molecule has 0 bridgehead atoms. The topological polar surface area (TPSA) is 278 Å². The van der Waals surface area contributed by atoms with E-state index in [1.165, 1.54) is 23.5 Å². The van der Waals surface area contributed by atoms with Gasteiger partial charge in [-0.2, -0.15) is 4.98 Å². The second kappa shape index (κ2) is 18.3. The van der Waals surface area contributed by atoms with Crippen LogP contribution in [-0.2, 0) is 37.1 Å². The van der Waals surface area contributed by atoms with Gasteiger partial charge in [0.15, 0.2) is 34.4 Å². The molecule has 3 unspecified atom stereocenters. The molecule has 2 amide bonds. The summed E-state index contributed by atoms with van der Waals surface area (Å²) < 4.78 is 53.9. The zero-order chi connectivity index (χ0) is 42.7. The van der Waals surface area contributed by atoms with Crippen molar-refractivity contribution in [3.05, 3.63) is 65.2 Å². The Kier molecular flexibility index (Phi) is 13.1. The molecule has 1 aromatic carbocycles. The summed E-state index contributed by atoms with van der Waals surface area (Å²) in [5.41, 5.74) is 0.590. The van der Waals surface area contributed by atoms with Crippen LogP contribution in [0, 0.1) is 17.8 Å². The lowest BCUT2D eigenvalue weighted by molar-refractivity contribution is -0.118. The predicted molar refractivity (Wildman–Crippen MR) is 211 cm³/mol. The summed E-state index contributed by atoms with van der Waals surface area (Å²) in [6, 6.07) is 8.58. The molecule has 0 aliphatic carbocycles. The molecule has 322 valence electrons. The quantitative estimate of drug-likeness (QED) is 0.0841. The number of rotatable bonds is 17. The molecule has 2 saturated heterocycles. The number of nitrogens with zero attached hydrogens (tertiary/aromatic N) is 7. The van der Waals surface area contributed by atoms with Gasteiger partial charge in [-0.15, -0.1) is 0 Å². The summed E-state index contributed by atoms with van der Waals surface area (Å²) in [7, 11) is -4.58. The van der Waals surface area contributed by atoms with Crippen molar-refractivity contribution >= 4 is 53.7 Å². The van der Waals surface area contributed by atoms with Crippen LogP contribution in [0.3, 0.4) is 0 Å². The summed E-state index contributed by atoms with van der Waals surface area (Å²) in [4.78, 5) is 62.4. The number of nitrogens with one attached hydrogen (secondary N) is 3. The minimum Gasteiger partial charge on any atom is -0.394 e. The average molecular weight is 855 g/mol. The Balaban J connectivity index is 1.10. The minimum atomic E-state index is -4.58. The van der Waals surface area contributed by atoms with Gasteiger partial charge < -0.3 is 29.7 Å². The molecule has 23 heteroatoms. The van der Waals surface area contributed by atoms with E-state index < -0.39 is 76.0 Å². The molecule has 4 aromatic heterocycles. The number of carbonyl (C=O) groups excluding carboxylic acids is 2. The van der Waals surface area contributed by atoms with Crippen molar-refractivity contribution in [1.29, 1.82) is 0 Å². The van der Waals surface area contributed by atoms with Crippen LogP contribution < -0.4 is 16.2 Å². The van der Waals surface area contributed by atoms with Gasteiger partial charge in [0.2, 0.25) is 11.9 Å². The highest BCUT2D eigenvalue weighted by atomic mass is 31.2. The maximum absolute atomic E-state index is 14.4. The van der Waals surface area contributed by atoms with Crippen LogP contribution in [0.15, 0.2) is 54.1 Å². The lowest BCUT2D eigenvalue weighted by atomic mass is 9.93. The number of ether oxygens (including phenoxy) is 3. The highest BCUT2D eigenvalue weighted by Crippen LogP contribution is 2.54. The number of amides is 2. The lowest BCUT2D eigenvalue weighted by Crippen LogP contribution is -2.38. The number of phosphoric acid groups is 1. The number of benzene rings is 1. The first kappa shape index (κ1) is 43.1. The molecule has 60 heavy (non-hydrogen) atoms. The average Bonchev–Trinajstić information content (AvgIpc) is 4.01. The molecule has 2 fully saturated rings. The molecular weight excluding hydrogens is 807 g/mol. The van der Waals surface area contributed by atoms with E-state index in [0.717, 1.165) is 0 Å². The fourth-order valence-electron chi connectivity index (χ4n) is 7.01. The molecule has 0 saturated carbocycles. The summed E-state index contributed by atoms with van der Waals surface area (Å²) in [5, 5.41) is 25.5. The monoisotopic (exact) mass is 854 g/mol. The van der Waals surface area contributed by atoms with Crippen LogP contribution in [0.4, 0.5) is 11.8 Å². The molecule has 7 rings (SSSR count). The van der Waals surface area contributed by atoms with Crippen molar-refractivity contribution in [2.75, 3.05) is 43.7 Å². The second-order valence-corrected chi connectivity index (χ2v) is 16.2. The van der Waals surface area contributed by atoms with E-state index in [0.29, 0.717) is 5.56 Å². The number of aromatic amines is 1. The number of H-pyrrole nitrogens is 1. The Labute approximate surface area is 342 Å². The number of aromatic nitrogens is 8. The second-order valence-electron chi connectivity index (χ2n) is 14.6. The van der Waals surface area contributed by atoms with Gasteiger partial charge in [0.25, 0.3) is 11.5 Å². The number of phosphoric ester groups is 1. The molecule has 0 radical (unpaired) electrons. The minimum absolute atomic E-state index is 0.0399. The highest BCUT2D eigenvalue weighted by Gasteiger charge is 2.52. The molecule has 22 nitrogen and oxygen atoms in total. The number of carbonyl (C=O) groups is 2. The third kappa shape index (κ3) is 8.74. The third-order valence-electron chi connectivity index (χ3n) is 10.4. The van der Waals surface area contributed by atoms with Crippen LogP contribution in [0.25, 0.3) is 22.3 Å². The predicted octanol–water partition coefficient (Wildman–Crippen LogP) is 2.79. The van der Waals surface area contributed by atoms with Crippen LogP contribution in [-0.4, -0.2) is 119 Å². The largest absolute Gasteiger partial charge is 0.475 e. The van der Waals surface area contributed by atoms with Gasteiger partial charge in [-0.3, -0.25) is 47.4 Å². The standard InChI is InChI=1S/C37H47N10O12P/c1-6-54-28-27(23(14-49)57-36(28)46-17-40-25-29(38-16-39-30(25)46)42-33(51)22-10-8-7-9-11-22)59-60(53,55-13-12-48)56-15-24-20(4)21(5)35(58-24)47-18-41-26-31(47)43-37(45-34(26)52)44-32(50)19(2)3/h7-11,16-21,23-24,27-28,35-36,48-49H,6,12-15H2,1-5H3,(H,38,39,42,51)(H2,43,44,45,50,52)/t20?,21-,23+,24+,27?,28-,35+,36+,60?/m0/s1. The molecule has 5 aromatic rings. The Hall–Kier alpha value is -5.03. The van der Waals surface area contributed by atoms with Crippen molar-refractivity contribution in [2.45, 2.75) is 71.5 Å². The first-order valence-electron chi connectivity index (χ1n) is 19.4. The molecule has 2 aliphatic heterocycles. The zero-order valence-electron chi connectivity index (χ0n) is 33.4. The van der Waals surface area contributed by atoms with Gasteiger partial charge in [-0.05, 0) is 25.0 Å². The Morgan fingerprint density at radius 3 is 2.33 bits per heavy atom. The van der Waals surface area contributed by atoms with Crippen molar-refractivity contribution < 1.29 is 52.1 Å². The molecule has 6 heterocycles. The van der Waals surface area contributed by atoms with Crippen molar-refractivity contribution in [3.63, 3.8) is 0 Å². The fraction of sp³-hybridized carbons (Fsp3) is 0.514. The molecule has 9 atom stereocenters. The fourth-order valence-corrected chi connectivity index (χ4v) is 8.39. The Bertz CT molecular complexity index is 2410. The van der Waals surface area contributed by atoms with Gasteiger partial charge in [-0.1, -0.05) is 45.9 Å². The van der Waals surface area contributed by atoms with E-state index in [1.54, 1.807) is 55.7 Å². The first-order valence-corrected chi connectivity index (χ1v) is 20.9. The maximum Gasteiger partial charge on any atom is 0.475 e. The SMILES string of the molecule is CCO[C@H]1C(OP(=O)(OCCO)OC[C@H]2O[C@@H](n3cnc4c(=O)[nH]c(NC(=O)C(C)C)nc43)[C@@H](C)C2C)[C@@H](CO)O[C@H]1n1cnc2c(NC(=O)c3ccccc3)ncnc21. The number of hydrogen-bond acceptors (Lipinski definition) is 17. The number of aliphatic hydroxyl groups is 2. The Morgan fingerprint density at radius 1 is 0.917 bits per heavy atom. The van der Waals surface area contributed by atoms with Crippen molar-refractivity contribution in [3.8, 4) is 0 Å². The number of anilines is 2. The molecular formula is C37H47N10O12P. The Morgan fingerprint density at radius 2 is 1.63 bits per heavy atom. The van der Waals surface area contributed by atoms with Gasteiger partial charge in [0.1, 0.15) is 30.9 Å². The maximum atomic E-state index is 14.4. The van der Waals surface area contributed by atoms with Gasteiger partial charge in [0, 0.05) is 24.0 Å². The van der Waals surface area contributed by atoms with E-state index in [1.807, 2.05) is 13.8 Å².